The molecule has 0 atom stereocenters. The van der Waals surface area contributed by atoms with E-state index in [1.54, 1.807) is 41.5 Å². The molecule has 1 amide bonds. The lowest BCUT2D eigenvalue weighted by molar-refractivity contribution is -0.128. The zero-order chi connectivity index (χ0) is 16.1. The van der Waals surface area contributed by atoms with Crippen LogP contribution in [-0.4, -0.2) is 16.8 Å². The first-order valence-corrected chi connectivity index (χ1v) is 7.69. The molecule has 2 aromatic rings. The van der Waals surface area contributed by atoms with Crippen molar-refractivity contribution in [3.63, 3.8) is 0 Å². The summed E-state index contributed by atoms with van der Waals surface area (Å²) in [6.07, 6.45) is 4.74. The maximum atomic E-state index is 12.4. The lowest BCUT2D eigenvalue weighted by atomic mass is 10.2. The van der Waals surface area contributed by atoms with Crippen LogP contribution in [0.4, 0.5) is 0 Å². The average Bonchev–Trinajstić information content (AvgIpc) is 2.99. The molecule has 0 aliphatic carbocycles. The van der Waals surface area contributed by atoms with E-state index in [2.05, 4.69) is 0 Å². The van der Waals surface area contributed by atoms with E-state index in [-0.39, 0.29) is 11.9 Å². The van der Waals surface area contributed by atoms with Crippen LogP contribution in [0.3, 0.4) is 0 Å². The lowest BCUT2D eigenvalue weighted by Gasteiger charge is -2.25. The molecule has 3 nitrogen and oxygen atoms in total. The third-order valence-electron chi connectivity index (χ3n) is 3.18. The predicted octanol–water partition coefficient (Wildman–Crippen LogP) is 5.04. The highest BCUT2D eigenvalue weighted by atomic mass is 35.5. The van der Waals surface area contributed by atoms with Crippen molar-refractivity contribution in [2.24, 2.45) is 0 Å². The van der Waals surface area contributed by atoms with Gasteiger partial charge in [-0.05, 0) is 49.8 Å². The molecule has 1 aromatic heterocycles. The van der Waals surface area contributed by atoms with Crippen LogP contribution >= 0.6 is 23.2 Å². The van der Waals surface area contributed by atoms with E-state index in [1.807, 2.05) is 19.9 Å². The molecule has 0 fully saturated rings. The number of rotatable bonds is 5. The minimum atomic E-state index is -0.0857. The summed E-state index contributed by atoms with van der Waals surface area (Å²) in [6.45, 7) is 4.40. The highest BCUT2D eigenvalue weighted by Gasteiger charge is 2.15. The van der Waals surface area contributed by atoms with E-state index in [0.717, 1.165) is 5.56 Å². The van der Waals surface area contributed by atoms with Crippen molar-refractivity contribution in [3.05, 3.63) is 64.0 Å². The Labute approximate surface area is 140 Å². The third-order valence-corrected chi connectivity index (χ3v) is 3.92. The third kappa shape index (κ3) is 4.39. The van der Waals surface area contributed by atoms with Crippen LogP contribution in [0.25, 0.3) is 6.08 Å². The van der Waals surface area contributed by atoms with Gasteiger partial charge in [-0.2, -0.15) is 0 Å². The topological polar surface area (TPSA) is 33.5 Å². The molecule has 116 valence electrons. The summed E-state index contributed by atoms with van der Waals surface area (Å²) < 4.78 is 5.18. The monoisotopic (exact) mass is 337 g/mol. The smallest absolute Gasteiger partial charge is 0.247 e. The first-order chi connectivity index (χ1) is 10.5. The molecule has 1 heterocycles. The van der Waals surface area contributed by atoms with E-state index in [1.165, 1.54) is 6.08 Å². The largest absolute Gasteiger partial charge is 0.465 e. The van der Waals surface area contributed by atoms with Crippen LogP contribution in [-0.2, 0) is 11.3 Å². The zero-order valence-corrected chi connectivity index (χ0v) is 13.9. The number of benzene rings is 1. The first kappa shape index (κ1) is 16.7. The van der Waals surface area contributed by atoms with Crippen molar-refractivity contribution in [2.75, 3.05) is 0 Å². The maximum absolute atomic E-state index is 12.4. The second kappa shape index (κ2) is 7.52. The van der Waals surface area contributed by atoms with E-state index < -0.39 is 0 Å². The van der Waals surface area contributed by atoms with Crippen molar-refractivity contribution in [2.45, 2.75) is 26.4 Å². The van der Waals surface area contributed by atoms with Gasteiger partial charge >= 0.3 is 0 Å². The van der Waals surface area contributed by atoms with Crippen molar-refractivity contribution >= 4 is 35.2 Å². The molecule has 0 spiro atoms. The summed E-state index contributed by atoms with van der Waals surface area (Å²) in [4.78, 5) is 14.1. The molecule has 0 saturated carbocycles. The van der Waals surface area contributed by atoms with Gasteiger partial charge in [0.05, 0.1) is 16.3 Å². The van der Waals surface area contributed by atoms with Gasteiger partial charge in [0.1, 0.15) is 5.76 Å². The Hall–Kier alpha value is -1.71. The first-order valence-electron chi connectivity index (χ1n) is 6.93. The molecule has 0 radical (unpaired) electrons. The summed E-state index contributed by atoms with van der Waals surface area (Å²) in [5, 5.41) is 0.993. The fraction of sp³-hybridized carbons (Fsp3) is 0.235. The summed E-state index contributed by atoms with van der Waals surface area (Å²) in [6, 6.07) is 9.02. The predicted molar refractivity (Wildman–Crippen MR) is 89.9 cm³/mol. The Morgan fingerprint density at radius 2 is 2.05 bits per heavy atom. The van der Waals surface area contributed by atoms with Gasteiger partial charge in [0, 0.05) is 18.7 Å². The summed E-state index contributed by atoms with van der Waals surface area (Å²) in [5.74, 6) is 0.559. The quantitative estimate of drug-likeness (QED) is 0.716. The van der Waals surface area contributed by atoms with Crippen LogP contribution in [0, 0.1) is 0 Å². The Bertz CT molecular complexity index is 663. The van der Waals surface area contributed by atoms with E-state index in [0.29, 0.717) is 22.4 Å². The van der Waals surface area contributed by atoms with Gasteiger partial charge in [0.25, 0.3) is 0 Å². The summed E-state index contributed by atoms with van der Waals surface area (Å²) >= 11 is 11.9. The summed E-state index contributed by atoms with van der Waals surface area (Å²) in [5.41, 5.74) is 0.933. The molecule has 0 aliphatic rings. The highest BCUT2D eigenvalue weighted by molar-refractivity contribution is 6.42. The molecule has 0 aliphatic heterocycles. The Kier molecular flexibility index (Phi) is 5.69. The van der Waals surface area contributed by atoms with Gasteiger partial charge in [-0.15, -0.1) is 0 Å². The zero-order valence-electron chi connectivity index (χ0n) is 12.4. The number of hydrogen-bond donors (Lipinski definition) is 0. The maximum Gasteiger partial charge on any atom is 0.247 e. The molecule has 0 bridgehead atoms. The molecule has 22 heavy (non-hydrogen) atoms. The molecule has 0 N–H and O–H groups in total. The average molecular weight is 338 g/mol. The molecule has 0 saturated heterocycles. The molecule has 0 unspecified atom stereocenters. The number of halogens is 2. The van der Waals surface area contributed by atoms with Crippen LogP contribution in [0.1, 0.15) is 25.2 Å². The Balaban J connectivity index is 2.12. The number of nitrogens with zero attached hydrogens (tertiary/aromatic N) is 1. The normalized spacial score (nSPS) is 11.3. The van der Waals surface area contributed by atoms with Crippen molar-refractivity contribution in [1.29, 1.82) is 0 Å². The number of furan rings is 1. The molecule has 2 rings (SSSR count). The number of carbonyl (C=O) groups is 1. The van der Waals surface area contributed by atoms with Gasteiger partial charge in [0.15, 0.2) is 0 Å². The van der Waals surface area contributed by atoms with Gasteiger partial charge < -0.3 is 9.32 Å². The van der Waals surface area contributed by atoms with Crippen LogP contribution < -0.4 is 0 Å². The van der Waals surface area contributed by atoms with Crippen LogP contribution in [0.5, 0.6) is 0 Å². The lowest BCUT2D eigenvalue weighted by Crippen LogP contribution is -2.35. The van der Waals surface area contributed by atoms with Gasteiger partial charge in [-0.1, -0.05) is 29.3 Å². The Morgan fingerprint density at radius 1 is 1.27 bits per heavy atom. The number of hydrogen-bond acceptors (Lipinski definition) is 2. The second-order valence-corrected chi connectivity index (χ2v) is 5.97. The van der Waals surface area contributed by atoms with Crippen LogP contribution in [0.2, 0.25) is 10.0 Å². The number of amides is 1. The standard InChI is InChI=1S/C17H17Cl2NO2/c1-12(2)20(11-13-5-7-15(18)16(19)10-13)17(21)8-6-14-4-3-9-22-14/h3-10,12H,11H2,1-2H3/b8-6+. The second-order valence-electron chi connectivity index (χ2n) is 5.16. The van der Waals surface area contributed by atoms with Gasteiger partial charge in [-0.3, -0.25) is 4.79 Å². The van der Waals surface area contributed by atoms with E-state index in [4.69, 9.17) is 27.6 Å². The molecule has 5 heteroatoms. The van der Waals surface area contributed by atoms with Crippen molar-refractivity contribution < 1.29 is 9.21 Å². The fourth-order valence-electron chi connectivity index (χ4n) is 1.98. The molecular formula is C17H17Cl2NO2. The van der Waals surface area contributed by atoms with Gasteiger partial charge in [-0.25, -0.2) is 0 Å². The SMILES string of the molecule is CC(C)N(Cc1ccc(Cl)c(Cl)c1)C(=O)/C=C/c1ccco1. The molecular weight excluding hydrogens is 321 g/mol. The van der Waals surface area contributed by atoms with Crippen LogP contribution in [0.15, 0.2) is 47.1 Å². The minimum Gasteiger partial charge on any atom is -0.465 e. The highest BCUT2D eigenvalue weighted by Crippen LogP contribution is 2.23. The minimum absolute atomic E-state index is 0.0585. The van der Waals surface area contributed by atoms with Gasteiger partial charge in [0.2, 0.25) is 5.91 Å². The van der Waals surface area contributed by atoms with Crippen molar-refractivity contribution in [1.82, 2.24) is 4.90 Å². The van der Waals surface area contributed by atoms with E-state index in [9.17, 15) is 4.79 Å². The summed E-state index contributed by atoms with van der Waals surface area (Å²) in [7, 11) is 0. The fourth-order valence-corrected chi connectivity index (χ4v) is 2.31. The number of carbonyl (C=O) groups excluding carboxylic acids is 1. The Morgan fingerprint density at radius 3 is 2.64 bits per heavy atom. The van der Waals surface area contributed by atoms with E-state index >= 15 is 0 Å². The molecule has 1 aromatic carbocycles. The van der Waals surface area contributed by atoms with Crippen molar-refractivity contribution in [3.8, 4) is 0 Å².